The van der Waals surface area contributed by atoms with Crippen molar-refractivity contribution in [3.63, 3.8) is 0 Å². The molecular weight excluding hydrogens is 266 g/mol. The number of rotatable bonds is 8. The third-order valence-corrected chi connectivity index (χ3v) is 3.65. The summed E-state index contributed by atoms with van der Waals surface area (Å²) in [6, 6.07) is 8.08. The number of hydrogen-bond acceptors (Lipinski definition) is 4. The summed E-state index contributed by atoms with van der Waals surface area (Å²) in [6.45, 7) is 7.41. The predicted octanol–water partition coefficient (Wildman–Crippen LogP) is 3.64. The molecule has 0 amide bonds. The Kier molecular flexibility index (Phi) is 5.65. The van der Waals surface area contributed by atoms with Crippen LogP contribution in [0.15, 0.2) is 28.7 Å². The van der Waals surface area contributed by atoms with Gasteiger partial charge in [-0.2, -0.15) is 0 Å². The van der Waals surface area contributed by atoms with Gasteiger partial charge in [-0.3, -0.25) is 0 Å². The maximum atomic E-state index is 9.57. The van der Waals surface area contributed by atoms with Gasteiger partial charge in [0.2, 0.25) is 0 Å². The number of nitrogens with one attached hydrogen (secondary N) is 1. The van der Waals surface area contributed by atoms with E-state index in [0.717, 1.165) is 41.9 Å². The van der Waals surface area contributed by atoms with E-state index >= 15 is 0 Å². The molecule has 116 valence electrons. The highest BCUT2D eigenvalue weighted by atomic mass is 16.5. The number of fused-ring (bicyclic) bond motifs is 1. The summed E-state index contributed by atoms with van der Waals surface area (Å²) in [7, 11) is 0. The number of hydrogen-bond donors (Lipinski definition) is 2. The Bertz CT molecular complexity index is 564. The molecule has 4 nitrogen and oxygen atoms in total. The van der Waals surface area contributed by atoms with Crippen LogP contribution in [0.3, 0.4) is 0 Å². The number of aliphatic hydroxyl groups excluding tert-OH is 1. The van der Waals surface area contributed by atoms with E-state index in [1.165, 1.54) is 0 Å². The van der Waals surface area contributed by atoms with Crippen molar-refractivity contribution >= 4 is 11.0 Å². The van der Waals surface area contributed by atoms with Gasteiger partial charge < -0.3 is 19.6 Å². The number of ether oxygens (including phenoxy) is 1. The summed E-state index contributed by atoms with van der Waals surface area (Å²) in [5.74, 6) is 1.68. The monoisotopic (exact) mass is 291 g/mol. The number of benzene rings is 1. The Labute approximate surface area is 126 Å². The van der Waals surface area contributed by atoms with Gasteiger partial charge in [0, 0.05) is 5.39 Å². The molecule has 0 aliphatic rings. The molecular formula is C17H25NO3. The summed E-state index contributed by atoms with van der Waals surface area (Å²) in [5, 5.41) is 14.0. The van der Waals surface area contributed by atoms with Gasteiger partial charge >= 0.3 is 0 Å². The second-order valence-corrected chi connectivity index (χ2v) is 5.28. The molecule has 1 heterocycles. The minimum Gasteiger partial charge on any atom is -0.490 e. The fraction of sp³-hybridized carbons (Fsp3) is 0.529. The van der Waals surface area contributed by atoms with Crippen molar-refractivity contribution in [1.29, 1.82) is 0 Å². The first-order valence-electron chi connectivity index (χ1n) is 7.72. The van der Waals surface area contributed by atoms with Crippen LogP contribution < -0.4 is 10.1 Å². The third kappa shape index (κ3) is 3.99. The lowest BCUT2D eigenvalue weighted by Gasteiger charge is -2.13. The first-order chi connectivity index (χ1) is 10.2. The quantitative estimate of drug-likeness (QED) is 0.779. The molecule has 1 aromatic heterocycles. The zero-order chi connectivity index (χ0) is 15.2. The van der Waals surface area contributed by atoms with Gasteiger partial charge in [0.15, 0.2) is 11.3 Å². The molecule has 0 aliphatic heterocycles. The zero-order valence-corrected chi connectivity index (χ0v) is 13.1. The van der Waals surface area contributed by atoms with Gasteiger partial charge in [-0.05, 0) is 45.4 Å². The minimum atomic E-state index is -0.232. The molecule has 0 spiro atoms. The van der Waals surface area contributed by atoms with Gasteiger partial charge in [-0.25, -0.2) is 0 Å². The zero-order valence-electron chi connectivity index (χ0n) is 13.1. The molecule has 0 radical (unpaired) electrons. The smallest absolute Gasteiger partial charge is 0.176 e. The molecule has 2 rings (SSSR count). The fourth-order valence-electron chi connectivity index (χ4n) is 2.31. The molecule has 0 fully saturated rings. The Hall–Kier alpha value is -1.52. The van der Waals surface area contributed by atoms with Crippen molar-refractivity contribution in [2.24, 2.45) is 0 Å². The first-order valence-corrected chi connectivity index (χ1v) is 7.72. The molecule has 0 aliphatic carbocycles. The largest absolute Gasteiger partial charge is 0.490 e. The highest BCUT2D eigenvalue weighted by molar-refractivity contribution is 5.83. The van der Waals surface area contributed by atoms with Gasteiger partial charge in [-0.1, -0.05) is 19.1 Å². The van der Waals surface area contributed by atoms with E-state index in [4.69, 9.17) is 9.15 Å². The van der Waals surface area contributed by atoms with E-state index < -0.39 is 0 Å². The van der Waals surface area contributed by atoms with Crippen LogP contribution in [0.25, 0.3) is 11.0 Å². The number of para-hydroxylation sites is 1. The van der Waals surface area contributed by atoms with E-state index in [9.17, 15) is 5.11 Å². The van der Waals surface area contributed by atoms with E-state index in [2.05, 4.69) is 12.2 Å². The lowest BCUT2D eigenvalue weighted by atomic mass is 10.2. The summed E-state index contributed by atoms with van der Waals surface area (Å²) in [4.78, 5) is 0. The van der Waals surface area contributed by atoms with E-state index in [0.29, 0.717) is 6.61 Å². The van der Waals surface area contributed by atoms with Crippen LogP contribution in [-0.2, 0) is 0 Å². The first kappa shape index (κ1) is 15.9. The van der Waals surface area contributed by atoms with Crippen LogP contribution in [0.5, 0.6) is 5.75 Å². The van der Waals surface area contributed by atoms with Crippen molar-refractivity contribution in [3.8, 4) is 5.75 Å². The molecule has 4 heteroatoms. The summed E-state index contributed by atoms with van der Waals surface area (Å²) >= 11 is 0. The summed E-state index contributed by atoms with van der Waals surface area (Å²) in [5.41, 5.74) is 0.802. The molecule has 2 N–H and O–H groups in total. The maximum absolute atomic E-state index is 9.57. The van der Waals surface area contributed by atoms with E-state index in [-0.39, 0.29) is 12.1 Å². The van der Waals surface area contributed by atoms with Gasteiger partial charge in [0.25, 0.3) is 0 Å². The summed E-state index contributed by atoms with van der Waals surface area (Å²) in [6.07, 6.45) is 1.31. The van der Waals surface area contributed by atoms with Crippen LogP contribution in [0.1, 0.15) is 45.4 Å². The Balaban J connectivity index is 2.06. The lowest BCUT2D eigenvalue weighted by Crippen LogP contribution is -2.23. The molecule has 0 bridgehead atoms. The van der Waals surface area contributed by atoms with Crippen molar-refractivity contribution in [2.45, 2.75) is 45.8 Å². The maximum Gasteiger partial charge on any atom is 0.176 e. The molecule has 2 aromatic rings. The van der Waals surface area contributed by atoms with Crippen molar-refractivity contribution in [3.05, 3.63) is 30.0 Å². The van der Waals surface area contributed by atoms with Crippen molar-refractivity contribution < 1.29 is 14.3 Å². The molecule has 0 saturated carbocycles. The second-order valence-electron chi connectivity index (χ2n) is 5.28. The number of aliphatic hydroxyl groups is 1. The molecule has 1 aromatic carbocycles. The average Bonchev–Trinajstić information content (AvgIpc) is 2.92. The molecule has 2 atom stereocenters. The fourth-order valence-corrected chi connectivity index (χ4v) is 2.31. The van der Waals surface area contributed by atoms with Crippen LogP contribution in [0, 0.1) is 0 Å². The van der Waals surface area contributed by atoms with Crippen LogP contribution in [0.2, 0.25) is 0 Å². The van der Waals surface area contributed by atoms with Gasteiger partial charge in [0.05, 0.1) is 18.8 Å². The predicted molar refractivity (Wildman–Crippen MR) is 84.7 cm³/mol. The van der Waals surface area contributed by atoms with E-state index in [1.807, 2.05) is 38.1 Å². The number of furan rings is 1. The van der Waals surface area contributed by atoms with Crippen LogP contribution >= 0.6 is 0 Å². The average molecular weight is 291 g/mol. The Morgan fingerprint density at radius 1 is 1.33 bits per heavy atom. The normalized spacial score (nSPS) is 14.3. The Morgan fingerprint density at radius 2 is 2.14 bits per heavy atom. The molecule has 0 saturated heterocycles. The highest BCUT2D eigenvalue weighted by Gasteiger charge is 2.14. The molecule has 2 unspecified atom stereocenters. The minimum absolute atomic E-state index is 0.107. The Morgan fingerprint density at radius 3 is 2.86 bits per heavy atom. The lowest BCUT2D eigenvalue weighted by molar-refractivity contribution is 0.158. The standard InChI is InChI=1S/C17H25NO3/c1-4-14(19)9-10-18-12(3)16-11-13-7-6-8-15(20-5-2)17(13)21-16/h6-8,11-12,14,18-19H,4-5,9-10H2,1-3H3. The van der Waals surface area contributed by atoms with Crippen LogP contribution in [-0.4, -0.2) is 24.4 Å². The SMILES string of the molecule is CCOc1cccc2cc(C(C)NCCC(O)CC)oc12. The topological polar surface area (TPSA) is 54.6 Å². The summed E-state index contributed by atoms with van der Waals surface area (Å²) < 4.78 is 11.5. The van der Waals surface area contributed by atoms with Gasteiger partial charge in [0.1, 0.15) is 5.76 Å². The highest BCUT2D eigenvalue weighted by Crippen LogP contribution is 2.31. The van der Waals surface area contributed by atoms with Crippen LogP contribution in [0.4, 0.5) is 0 Å². The van der Waals surface area contributed by atoms with Crippen molar-refractivity contribution in [1.82, 2.24) is 5.32 Å². The second kappa shape index (κ2) is 7.48. The van der Waals surface area contributed by atoms with Gasteiger partial charge in [-0.15, -0.1) is 0 Å². The van der Waals surface area contributed by atoms with Crippen molar-refractivity contribution in [2.75, 3.05) is 13.2 Å². The van der Waals surface area contributed by atoms with E-state index in [1.54, 1.807) is 0 Å². The third-order valence-electron chi connectivity index (χ3n) is 3.65. The molecule has 21 heavy (non-hydrogen) atoms.